The lowest BCUT2D eigenvalue weighted by atomic mass is 9.95. The fourth-order valence-electron chi connectivity index (χ4n) is 3.01. The fourth-order valence-corrected chi connectivity index (χ4v) is 3.01. The van der Waals surface area contributed by atoms with Crippen molar-refractivity contribution < 1.29 is 14.3 Å². The summed E-state index contributed by atoms with van der Waals surface area (Å²) in [5.41, 5.74) is 5.13. The van der Waals surface area contributed by atoms with Crippen LogP contribution >= 0.6 is 0 Å². The molecule has 2 aromatic carbocycles. The maximum Gasteiger partial charge on any atom is 0.338 e. The summed E-state index contributed by atoms with van der Waals surface area (Å²) >= 11 is 0. The van der Waals surface area contributed by atoms with Crippen molar-refractivity contribution in [2.24, 2.45) is 0 Å². The van der Waals surface area contributed by atoms with Gasteiger partial charge in [-0.15, -0.1) is 0 Å². The van der Waals surface area contributed by atoms with Gasteiger partial charge in [0.05, 0.1) is 19.8 Å². The average Bonchev–Trinajstić information content (AvgIpc) is 3.00. The molecule has 0 radical (unpaired) electrons. The molecule has 0 spiro atoms. The Kier molecular flexibility index (Phi) is 3.65. The van der Waals surface area contributed by atoms with Crippen LogP contribution in [0.25, 0.3) is 11.1 Å². The normalized spacial score (nSPS) is 12.9. The van der Waals surface area contributed by atoms with Crippen molar-refractivity contribution in [1.29, 1.82) is 0 Å². The molecule has 0 unspecified atom stereocenters. The van der Waals surface area contributed by atoms with Gasteiger partial charge in [-0.2, -0.15) is 0 Å². The molecular weight excluding hydrogens is 264 g/mol. The Balaban J connectivity index is 2.18. The quantitative estimate of drug-likeness (QED) is 0.806. The van der Waals surface area contributed by atoms with E-state index in [1.165, 1.54) is 24.7 Å². The molecule has 0 aliphatic heterocycles. The van der Waals surface area contributed by atoms with Crippen LogP contribution in [0.4, 0.5) is 0 Å². The van der Waals surface area contributed by atoms with Crippen molar-refractivity contribution in [3.63, 3.8) is 0 Å². The Hall–Kier alpha value is -2.29. The second-order valence-corrected chi connectivity index (χ2v) is 5.21. The van der Waals surface area contributed by atoms with E-state index in [1.54, 1.807) is 13.2 Å². The third-order valence-electron chi connectivity index (χ3n) is 4.04. The van der Waals surface area contributed by atoms with Crippen LogP contribution in [0.2, 0.25) is 0 Å². The summed E-state index contributed by atoms with van der Waals surface area (Å²) < 4.78 is 10.3. The lowest BCUT2D eigenvalue weighted by Crippen LogP contribution is -2.05. The summed E-state index contributed by atoms with van der Waals surface area (Å²) in [5, 5.41) is 0. The molecule has 0 aromatic heterocycles. The van der Waals surface area contributed by atoms with Crippen LogP contribution < -0.4 is 4.74 Å². The molecule has 1 aliphatic rings. The summed E-state index contributed by atoms with van der Waals surface area (Å²) in [6.07, 6.45) is 3.45. The van der Waals surface area contributed by atoms with Gasteiger partial charge in [0.15, 0.2) is 0 Å². The van der Waals surface area contributed by atoms with E-state index in [-0.39, 0.29) is 5.97 Å². The molecule has 0 saturated carbocycles. The minimum atomic E-state index is -0.343. The first-order chi connectivity index (χ1) is 10.2. The fraction of sp³-hybridized carbons (Fsp3) is 0.278. The number of methoxy groups -OCH3 is 2. The van der Waals surface area contributed by atoms with Crippen molar-refractivity contribution >= 4 is 5.97 Å². The second kappa shape index (κ2) is 5.60. The van der Waals surface area contributed by atoms with Crippen LogP contribution in [-0.4, -0.2) is 20.2 Å². The minimum Gasteiger partial charge on any atom is -0.496 e. The number of carbonyl (C=O) groups is 1. The molecule has 3 rings (SSSR count). The van der Waals surface area contributed by atoms with E-state index in [2.05, 4.69) is 18.2 Å². The summed E-state index contributed by atoms with van der Waals surface area (Å²) in [5.74, 6) is 0.347. The van der Waals surface area contributed by atoms with Gasteiger partial charge in [0.1, 0.15) is 5.75 Å². The molecule has 3 heteroatoms. The van der Waals surface area contributed by atoms with Gasteiger partial charge in [-0.3, -0.25) is 0 Å². The molecule has 1 aliphatic carbocycles. The highest BCUT2D eigenvalue weighted by molar-refractivity contribution is 5.99. The van der Waals surface area contributed by atoms with Crippen molar-refractivity contribution in [3.8, 4) is 16.9 Å². The Morgan fingerprint density at radius 3 is 2.62 bits per heavy atom. The van der Waals surface area contributed by atoms with Crippen molar-refractivity contribution in [2.45, 2.75) is 19.3 Å². The predicted molar refractivity (Wildman–Crippen MR) is 81.8 cm³/mol. The first-order valence-corrected chi connectivity index (χ1v) is 7.12. The zero-order chi connectivity index (χ0) is 14.8. The minimum absolute atomic E-state index is 0.343. The zero-order valence-corrected chi connectivity index (χ0v) is 12.3. The Labute approximate surface area is 124 Å². The number of rotatable bonds is 3. The summed E-state index contributed by atoms with van der Waals surface area (Å²) in [6, 6.07) is 11.8. The van der Waals surface area contributed by atoms with Crippen LogP contribution in [0.3, 0.4) is 0 Å². The van der Waals surface area contributed by atoms with Gasteiger partial charge in [-0.1, -0.05) is 24.3 Å². The van der Waals surface area contributed by atoms with E-state index in [4.69, 9.17) is 9.47 Å². The number of hydrogen-bond acceptors (Lipinski definition) is 3. The Bertz CT molecular complexity index is 689. The standard InChI is InChI=1S/C18H18O3/c1-20-16-8-4-7-15(18(19)21-2)17(16)14-10-9-12-5-3-6-13(12)11-14/h4,7-11H,3,5-6H2,1-2H3. The van der Waals surface area contributed by atoms with Crippen LogP contribution in [0, 0.1) is 0 Å². The lowest BCUT2D eigenvalue weighted by molar-refractivity contribution is 0.0601. The molecule has 0 heterocycles. The van der Waals surface area contributed by atoms with E-state index in [9.17, 15) is 4.79 Å². The lowest BCUT2D eigenvalue weighted by Gasteiger charge is -2.14. The smallest absolute Gasteiger partial charge is 0.338 e. The van der Waals surface area contributed by atoms with Gasteiger partial charge >= 0.3 is 5.97 Å². The molecule has 0 atom stereocenters. The van der Waals surface area contributed by atoms with Crippen LogP contribution in [0.1, 0.15) is 27.9 Å². The third kappa shape index (κ3) is 2.40. The molecule has 0 bridgehead atoms. The number of fused-ring (bicyclic) bond motifs is 1. The number of hydrogen-bond donors (Lipinski definition) is 0. The van der Waals surface area contributed by atoms with E-state index in [1.807, 2.05) is 12.1 Å². The van der Waals surface area contributed by atoms with Gasteiger partial charge < -0.3 is 9.47 Å². The van der Waals surface area contributed by atoms with E-state index in [0.717, 1.165) is 24.0 Å². The largest absolute Gasteiger partial charge is 0.496 e. The average molecular weight is 282 g/mol. The highest BCUT2D eigenvalue weighted by Gasteiger charge is 2.19. The van der Waals surface area contributed by atoms with Gasteiger partial charge in [-0.05, 0) is 48.1 Å². The third-order valence-corrected chi connectivity index (χ3v) is 4.04. The SMILES string of the molecule is COC(=O)c1cccc(OC)c1-c1ccc2c(c1)CCC2. The summed E-state index contributed by atoms with van der Waals surface area (Å²) in [4.78, 5) is 12.0. The van der Waals surface area contributed by atoms with Crippen LogP contribution in [0.5, 0.6) is 5.75 Å². The molecule has 0 amide bonds. The Morgan fingerprint density at radius 1 is 1.05 bits per heavy atom. The van der Waals surface area contributed by atoms with Crippen molar-refractivity contribution in [3.05, 3.63) is 53.1 Å². The van der Waals surface area contributed by atoms with E-state index >= 15 is 0 Å². The number of benzene rings is 2. The van der Waals surface area contributed by atoms with Gasteiger partial charge in [0.25, 0.3) is 0 Å². The summed E-state index contributed by atoms with van der Waals surface area (Å²) in [7, 11) is 3.02. The molecule has 0 N–H and O–H groups in total. The summed E-state index contributed by atoms with van der Waals surface area (Å²) in [6.45, 7) is 0. The van der Waals surface area contributed by atoms with Gasteiger partial charge in [-0.25, -0.2) is 4.79 Å². The highest BCUT2D eigenvalue weighted by Crippen LogP contribution is 2.36. The number of ether oxygens (including phenoxy) is 2. The van der Waals surface area contributed by atoms with Crippen LogP contribution in [-0.2, 0) is 17.6 Å². The molecule has 0 fully saturated rings. The maximum absolute atomic E-state index is 12.0. The molecule has 21 heavy (non-hydrogen) atoms. The van der Waals surface area contributed by atoms with Crippen molar-refractivity contribution in [2.75, 3.05) is 14.2 Å². The molecule has 0 saturated heterocycles. The predicted octanol–water partition coefficient (Wildman–Crippen LogP) is 3.64. The first-order valence-electron chi connectivity index (χ1n) is 7.12. The Morgan fingerprint density at radius 2 is 1.86 bits per heavy atom. The molecule has 3 nitrogen and oxygen atoms in total. The van der Waals surface area contributed by atoms with E-state index < -0.39 is 0 Å². The molecule has 108 valence electrons. The first kappa shape index (κ1) is 13.7. The maximum atomic E-state index is 12.0. The number of esters is 1. The highest BCUT2D eigenvalue weighted by atomic mass is 16.5. The van der Waals surface area contributed by atoms with E-state index in [0.29, 0.717) is 11.3 Å². The second-order valence-electron chi connectivity index (χ2n) is 5.21. The monoisotopic (exact) mass is 282 g/mol. The van der Waals surface area contributed by atoms with Gasteiger partial charge in [0, 0.05) is 5.56 Å². The zero-order valence-electron chi connectivity index (χ0n) is 12.3. The molecule has 2 aromatic rings. The van der Waals surface area contributed by atoms with Gasteiger partial charge in [0.2, 0.25) is 0 Å². The topological polar surface area (TPSA) is 35.5 Å². The number of carbonyl (C=O) groups excluding carboxylic acids is 1. The van der Waals surface area contributed by atoms with Crippen molar-refractivity contribution in [1.82, 2.24) is 0 Å². The molecular formula is C18H18O3. The van der Waals surface area contributed by atoms with Crippen LogP contribution in [0.15, 0.2) is 36.4 Å². The number of aryl methyl sites for hydroxylation is 2.